The van der Waals surface area contributed by atoms with Crippen molar-refractivity contribution in [2.24, 2.45) is 0 Å². The Labute approximate surface area is 141 Å². The molecular weight excluding hydrogens is 304 g/mol. The number of rotatable bonds is 4. The Morgan fingerprint density at radius 1 is 1.38 bits per heavy atom. The summed E-state index contributed by atoms with van der Waals surface area (Å²) in [4.78, 5) is 12.1. The van der Waals surface area contributed by atoms with Crippen molar-refractivity contribution >= 4 is 16.7 Å². The van der Waals surface area contributed by atoms with Gasteiger partial charge < -0.3 is 14.2 Å². The fourth-order valence-electron chi connectivity index (χ4n) is 2.84. The summed E-state index contributed by atoms with van der Waals surface area (Å²) < 4.78 is 16.8. The third kappa shape index (κ3) is 2.59. The number of hydrogen-bond acceptors (Lipinski definition) is 4. The second-order valence-electron chi connectivity index (χ2n) is 5.99. The van der Waals surface area contributed by atoms with Crippen LogP contribution in [0.25, 0.3) is 10.8 Å². The number of terminal acetylenes is 1. The van der Waals surface area contributed by atoms with Gasteiger partial charge in [0, 0.05) is 16.5 Å². The Hall–Kier alpha value is -2.93. The maximum Gasteiger partial charge on any atom is 0.334 e. The summed E-state index contributed by atoms with van der Waals surface area (Å²) in [6, 6.07) is 9.59. The number of carbonyl (C=O) groups excluding carboxylic acids is 1. The minimum Gasteiger partial charge on any atom is -0.454 e. The van der Waals surface area contributed by atoms with E-state index in [1.165, 1.54) is 0 Å². The summed E-state index contributed by atoms with van der Waals surface area (Å²) in [5.41, 5.74) is 0.115. The second kappa shape index (κ2) is 5.93. The molecule has 4 heteroatoms. The predicted octanol–water partition coefficient (Wildman–Crippen LogP) is 3.93. The van der Waals surface area contributed by atoms with Crippen LogP contribution in [0.1, 0.15) is 25.8 Å². The Morgan fingerprint density at radius 2 is 2.08 bits per heavy atom. The summed E-state index contributed by atoms with van der Waals surface area (Å²) in [6.07, 6.45) is 5.77. The van der Waals surface area contributed by atoms with Crippen LogP contribution in [0.5, 0.6) is 11.5 Å². The third-order valence-electron chi connectivity index (χ3n) is 4.05. The molecule has 0 amide bonds. The van der Waals surface area contributed by atoms with E-state index in [-0.39, 0.29) is 13.2 Å². The van der Waals surface area contributed by atoms with E-state index >= 15 is 0 Å². The van der Waals surface area contributed by atoms with E-state index in [1.807, 2.05) is 30.3 Å². The first-order valence-electron chi connectivity index (χ1n) is 7.60. The van der Waals surface area contributed by atoms with Gasteiger partial charge in [0.25, 0.3) is 0 Å². The zero-order valence-corrected chi connectivity index (χ0v) is 13.7. The van der Waals surface area contributed by atoms with Crippen molar-refractivity contribution in [3.63, 3.8) is 0 Å². The van der Waals surface area contributed by atoms with Crippen LogP contribution in [0.2, 0.25) is 0 Å². The van der Waals surface area contributed by atoms with Crippen molar-refractivity contribution in [1.29, 1.82) is 0 Å². The first kappa shape index (κ1) is 15.9. The van der Waals surface area contributed by atoms with E-state index < -0.39 is 11.6 Å². The van der Waals surface area contributed by atoms with Gasteiger partial charge >= 0.3 is 5.97 Å². The van der Waals surface area contributed by atoms with Crippen LogP contribution in [0, 0.1) is 12.3 Å². The molecule has 1 heterocycles. The van der Waals surface area contributed by atoms with Gasteiger partial charge in [-0.25, -0.2) is 4.79 Å². The Bertz CT molecular complexity index is 875. The number of carbonyl (C=O) groups is 1. The third-order valence-corrected chi connectivity index (χ3v) is 4.05. The van der Waals surface area contributed by atoms with Gasteiger partial charge in [-0.15, -0.1) is 12.3 Å². The molecule has 24 heavy (non-hydrogen) atoms. The average molecular weight is 322 g/mol. The molecule has 0 saturated carbocycles. The summed E-state index contributed by atoms with van der Waals surface area (Å²) in [6.45, 7) is 7.22. The maximum absolute atomic E-state index is 12.1. The monoisotopic (exact) mass is 322 g/mol. The van der Waals surface area contributed by atoms with Crippen LogP contribution >= 0.6 is 0 Å². The molecule has 3 rings (SSSR count). The van der Waals surface area contributed by atoms with Crippen LogP contribution in [0.4, 0.5) is 0 Å². The van der Waals surface area contributed by atoms with Crippen LogP contribution in [-0.2, 0) is 15.1 Å². The molecule has 0 aliphatic carbocycles. The summed E-state index contributed by atoms with van der Waals surface area (Å²) in [5, 5.41) is 1.81. The predicted molar refractivity (Wildman–Crippen MR) is 91.8 cm³/mol. The van der Waals surface area contributed by atoms with Crippen molar-refractivity contribution < 1.29 is 19.0 Å². The SMILES string of the molecule is C#CCC(C)(OC(=O)C(=C)C)c1cc2c(c3ccccc13)OCO2. The molecule has 0 radical (unpaired) electrons. The standard InChI is InChI=1S/C20H18O4/c1-5-10-20(4,24-19(21)13(2)3)16-11-17-18(23-12-22-17)15-9-7-6-8-14(15)16/h1,6-9,11H,2,10,12H2,3-4H3. The molecule has 0 bridgehead atoms. The Balaban J connectivity index is 2.22. The first-order valence-corrected chi connectivity index (χ1v) is 7.60. The van der Waals surface area contributed by atoms with Gasteiger partial charge in [-0.3, -0.25) is 0 Å². The lowest BCUT2D eigenvalue weighted by Gasteiger charge is -2.30. The fourth-order valence-corrected chi connectivity index (χ4v) is 2.84. The van der Waals surface area contributed by atoms with Crippen LogP contribution in [0.3, 0.4) is 0 Å². The van der Waals surface area contributed by atoms with Crippen molar-refractivity contribution in [2.75, 3.05) is 6.79 Å². The summed E-state index contributed by atoms with van der Waals surface area (Å²) >= 11 is 0. The highest BCUT2D eigenvalue weighted by Crippen LogP contribution is 2.45. The average Bonchev–Trinajstić information content (AvgIpc) is 3.03. The Kier molecular flexibility index (Phi) is 3.94. The van der Waals surface area contributed by atoms with Gasteiger partial charge in [-0.2, -0.15) is 0 Å². The second-order valence-corrected chi connectivity index (χ2v) is 5.99. The van der Waals surface area contributed by atoms with Crippen molar-refractivity contribution in [3.05, 3.63) is 48.0 Å². The number of fused-ring (bicyclic) bond motifs is 3. The van der Waals surface area contributed by atoms with Gasteiger partial charge in [0.15, 0.2) is 11.5 Å². The quantitative estimate of drug-likeness (QED) is 0.486. The molecule has 2 aromatic carbocycles. The smallest absolute Gasteiger partial charge is 0.334 e. The van der Waals surface area contributed by atoms with Gasteiger partial charge in [0.05, 0.1) is 6.42 Å². The molecule has 2 aromatic rings. The van der Waals surface area contributed by atoms with Gasteiger partial charge in [0.1, 0.15) is 5.60 Å². The summed E-state index contributed by atoms with van der Waals surface area (Å²) in [7, 11) is 0. The lowest BCUT2D eigenvalue weighted by Crippen LogP contribution is -2.29. The molecule has 1 unspecified atom stereocenters. The molecule has 0 aromatic heterocycles. The normalized spacial score (nSPS) is 14.7. The van der Waals surface area contributed by atoms with E-state index in [0.29, 0.717) is 17.1 Å². The topological polar surface area (TPSA) is 44.8 Å². The molecule has 0 saturated heterocycles. The zero-order chi connectivity index (χ0) is 17.3. The van der Waals surface area contributed by atoms with Crippen LogP contribution in [-0.4, -0.2) is 12.8 Å². The molecule has 0 N–H and O–H groups in total. The minimum absolute atomic E-state index is 0.167. The summed E-state index contributed by atoms with van der Waals surface area (Å²) in [5.74, 6) is 3.45. The Morgan fingerprint density at radius 3 is 2.75 bits per heavy atom. The van der Waals surface area contributed by atoms with Crippen molar-refractivity contribution in [1.82, 2.24) is 0 Å². The highest BCUT2D eigenvalue weighted by Gasteiger charge is 2.34. The number of benzene rings is 2. The molecular formula is C20H18O4. The lowest BCUT2D eigenvalue weighted by molar-refractivity contribution is -0.153. The van der Waals surface area contributed by atoms with Crippen LogP contribution < -0.4 is 9.47 Å². The van der Waals surface area contributed by atoms with Crippen LogP contribution in [0.15, 0.2) is 42.5 Å². The minimum atomic E-state index is -0.995. The van der Waals surface area contributed by atoms with E-state index in [9.17, 15) is 4.79 Å². The van der Waals surface area contributed by atoms with Gasteiger partial charge in [-0.1, -0.05) is 30.8 Å². The molecule has 0 fully saturated rings. The van der Waals surface area contributed by atoms with E-state index in [0.717, 1.165) is 16.3 Å². The molecule has 0 spiro atoms. The van der Waals surface area contributed by atoms with E-state index in [4.69, 9.17) is 20.6 Å². The number of esters is 1. The van der Waals surface area contributed by atoms with Crippen molar-refractivity contribution in [2.45, 2.75) is 25.9 Å². The van der Waals surface area contributed by atoms with E-state index in [2.05, 4.69) is 12.5 Å². The van der Waals surface area contributed by atoms with Gasteiger partial charge in [-0.05, 0) is 25.3 Å². The molecule has 1 atom stereocenters. The molecule has 1 aliphatic heterocycles. The maximum atomic E-state index is 12.1. The fraction of sp³-hybridized carbons (Fsp3) is 0.250. The zero-order valence-electron chi connectivity index (χ0n) is 13.7. The molecule has 4 nitrogen and oxygen atoms in total. The van der Waals surface area contributed by atoms with E-state index in [1.54, 1.807) is 13.8 Å². The lowest BCUT2D eigenvalue weighted by atomic mass is 9.87. The van der Waals surface area contributed by atoms with Crippen molar-refractivity contribution in [3.8, 4) is 23.8 Å². The highest BCUT2D eigenvalue weighted by molar-refractivity contribution is 5.95. The largest absolute Gasteiger partial charge is 0.454 e. The molecule has 1 aliphatic rings. The highest BCUT2D eigenvalue weighted by atomic mass is 16.7. The first-order chi connectivity index (χ1) is 11.5. The van der Waals surface area contributed by atoms with Gasteiger partial charge in [0.2, 0.25) is 6.79 Å². The molecule has 122 valence electrons. The number of hydrogen-bond donors (Lipinski definition) is 0. The number of ether oxygens (including phenoxy) is 3.